The Morgan fingerprint density at radius 1 is 0.717 bits per heavy atom. The van der Waals surface area contributed by atoms with Crippen LogP contribution >= 0.6 is 0 Å². The number of Topliss-reactive ketones (excluding diaryl/α,β-unsaturated/α-hetero) is 2. The number of hydrogen-bond acceptors (Lipinski definition) is 13. The van der Waals surface area contributed by atoms with E-state index in [9.17, 15) is 24.0 Å². The van der Waals surface area contributed by atoms with Crippen LogP contribution in [0.4, 0.5) is 0 Å². The SMILES string of the molecule is C.C=CCC1C/C(=C\C(=O)OC)C(=O)[C@](OC)(C(C)(C)CO[Si](C)(C)C(C)(C)C)O1.C=CCC1CCC(=O)[C@](OC)(C(C)(C)CO[Si](C)(C)C(C)(C)C)O1.COC(=O)C=O. The van der Waals surface area contributed by atoms with Crippen molar-refractivity contribution in [3.8, 4) is 0 Å². The Labute approximate surface area is 364 Å². The fraction of sp³-hybridized carbons (Fsp3) is 0.756. The first-order chi connectivity index (χ1) is 26.8. The fourth-order valence-corrected chi connectivity index (χ4v) is 8.25. The van der Waals surface area contributed by atoms with Gasteiger partial charge in [0.15, 0.2) is 22.4 Å². The number of ketones is 2. The average Bonchev–Trinajstić information content (AvgIpc) is 3.14. The van der Waals surface area contributed by atoms with Crippen molar-refractivity contribution in [3.05, 3.63) is 37.0 Å². The number of methoxy groups -OCH3 is 4. The third kappa shape index (κ3) is 15.0. The van der Waals surface area contributed by atoms with E-state index in [-0.39, 0.29) is 54.2 Å². The normalized spacial score (nSPS) is 23.5. The second-order valence-electron chi connectivity index (χ2n) is 19.4. The van der Waals surface area contributed by atoms with E-state index in [1.807, 2.05) is 33.8 Å². The topological polar surface area (TPSA) is 159 Å². The summed E-state index contributed by atoms with van der Waals surface area (Å²) in [6.45, 7) is 37.9. The molecule has 2 fully saturated rings. The molecule has 0 radical (unpaired) electrons. The van der Waals surface area contributed by atoms with Crippen molar-refractivity contribution in [2.75, 3.05) is 41.7 Å². The van der Waals surface area contributed by atoms with E-state index < -0.39 is 51.0 Å². The molecule has 0 spiro atoms. The quantitative estimate of drug-likeness (QED) is 0.0361. The maximum atomic E-state index is 13.5. The van der Waals surface area contributed by atoms with E-state index in [0.717, 1.165) is 20.0 Å². The molecule has 2 aliphatic rings. The van der Waals surface area contributed by atoms with E-state index in [1.54, 1.807) is 13.2 Å². The van der Waals surface area contributed by atoms with Crippen LogP contribution < -0.4 is 0 Å². The Morgan fingerprint density at radius 3 is 1.47 bits per heavy atom. The lowest BCUT2D eigenvalue weighted by Crippen LogP contribution is -2.62. The molecule has 0 N–H and O–H groups in total. The maximum Gasteiger partial charge on any atom is 0.371 e. The Morgan fingerprint density at radius 2 is 1.12 bits per heavy atom. The molecule has 348 valence electrons. The molecule has 2 rings (SSSR count). The number of rotatable bonds is 16. The maximum absolute atomic E-state index is 13.5. The summed E-state index contributed by atoms with van der Waals surface area (Å²) in [5.74, 6) is -4.59. The minimum Gasteiger partial charge on any atom is -0.466 e. The van der Waals surface area contributed by atoms with Gasteiger partial charge in [-0.15, -0.1) is 13.2 Å². The molecule has 2 aliphatic heterocycles. The van der Waals surface area contributed by atoms with Crippen molar-refractivity contribution in [1.82, 2.24) is 0 Å². The molecule has 4 atom stereocenters. The Hall–Kier alpha value is -2.64. The van der Waals surface area contributed by atoms with E-state index in [0.29, 0.717) is 31.4 Å². The van der Waals surface area contributed by atoms with Crippen LogP contribution in [0.1, 0.15) is 109 Å². The highest BCUT2D eigenvalue weighted by Crippen LogP contribution is 2.47. The van der Waals surface area contributed by atoms with Crippen LogP contribution in [0.2, 0.25) is 36.3 Å². The standard InChI is InChI=1S/C22H38O6Si.C19H36O4Si.C3H4O3.CH4/c1-11-12-17-13-16(14-18(23)25-7)19(24)22(26-8,28-17)21(5,6)15-27-29(9,10)20(2,3)4;1-10-11-15-12-13-16(20)19(21-7,23-15)18(5,6)14-22-24(8,9)17(2,3)4;1-6-3(5)2-4;/h11,14,17H,1,12-13,15H2,2-10H3;10,15H,1,11-14H2,2-9H3;2H,1H3;1H4/b16-14+;;;/t17?,22-;15?,19-;;/m11../s1. The van der Waals surface area contributed by atoms with E-state index in [2.05, 4.69) is 85.6 Å². The minimum atomic E-state index is -2.05. The molecular formula is C45H82O13Si2. The first-order valence-electron chi connectivity index (χ1n) is 20.2. The molecule has 2 unspecified atom stereocenters. The van der Waals surface area contributed by atoms with Crippen LogP contribution in [0.3, 0.4) is 0 Å². The molecular weight excluding hydrogens is 805 g/mol. The molecule has 0 amide bonds. The predicted molar refractivity (Wildman–Crippen MR) is 241 cm³/mol. The number of ether oxygens (including phenoxy) is 6. The second-order valence-corrected chi connectivity index (χ2v) is 29.0. The van der Waals surface area contributed by atoms with Crippen LogP contribution in [0.5, 0.6) is 0 Å². The molecule has 15 heteroatoms. The molecule has 0 aromatic rings. The van der Waals surface area contributed by atoms with Gasteiger partial charge in [0.05, 0.1) is 26.4 Å². The van der Waals surface area contributed by atoms with Gasteiger partial charge in [0.25, 0.3) is 0 Å². The van der Waals surface area contributed by atoms with Gasteiger partial charge in [-0.05, 0) is 55.5 Å². The first-order valence-corrected chi connectivity index (χ1v) is 26.0. The highest BCUT2D eigenvalue weighted by atomic mass is 28.4. The molecule has 0 aliphatic carbocycles. The second kappa shape index (κ2) is 23.7. The summed E-state index contributed by atoms with van der Waals surface area (Å²) in [6, 6.07) is 0. The van der Waals surface area contributed by atoms with Crippen molar-refractivity contribution >= 4 is 46.4 Å². The van der Waals surface area contributed by atoms with Crippen molar-refractivity contribution in [2.24, 2.45) is 10.8 Å². The van der Waals surface area contributed by atoms with Gasteiger partial charge in [0, 0.05) is 62.8 Å². The summed E-state index contributed by atoms with van der Waals surface area (Å²) >= 11 is 0. The number of aldehydes is 1. The van der Waals surface area contributed by atoms with Gasteiger partial charge in [0.2, 0.25) is 23.6 Å². The van der Waals surface area contributed by atoms with E-state index in [1.165, 1.54) is 20.3 Å². The van der Waals surface area contributed by atoms with Gasteiger partial charge in [-0.1, -0.05) is 88.8 Å². The Balaban J connectivity index is 0. The molecule has 2 saturated heterocycles. The zero-order valence-electron chi connectivity index (χ0n) is 39.6. The van der Waals surface area contributed by atoms with Crippen molar-refractivity contribution in [2.45, 2.75) is 169 Å². The summed E-state index contributed by atoms with van der Waals surface area (Å²) < 4.78 is 45.3. The molecule has 0 bridgehead atoms. The van der Waals surface area contributed by atoms with Gasteiger partial charge >= 0.3 is 11.9 Å². The third-order valence-electron chi connectivity index (χ3n) is 12.0. The predicted octanol–water partition coefficient (Wildman–Crippen LogP) is 9.11. The van der Waals surface area contributed by atoms with E-state index >= 15 is 0 Å². The zero-order valence-corrected chi connectivity index (χ0v) is 41.6. The third-order valence-corrected chi connectivity index (χ3v) is 20.9. The highest BCUT2D eigenvalue weighted by Gasteiger charge is 2.59. The zero-order chi connectivity index (χ0) is 46.5. The monoisotopic (exact) mass is 887 g/mol. The smallest absolute Gasteiger partial charge is 0.371 e. The largest absolute Gasteiger partial charge is 0.466 e. The summed E-state index contributed by atoms with van der Waals surface area (Å²) in [5.41, 5.74) is -1.05. The minimum absolute atomic E-state index is 0. The van der Waals surface area contributed by atoms with Crippen LogP contribution in [-0.4, -0.2) is 112 Å². The van der Waals surface area contributed by atoms with Gasteiger partial charge < -0.3 is 37.3 Å². The van der Waals surface area contributed by atoms with Gasteiger partial charge in [-0.25, -0.2) is 9.59 Å². The Bertz CT molecular complexity index is 1490. The van der Waals surface area contributed by atoms with Crippen LogP contribution in [-0.2, 0) is 61.2 Å². The number of carbonyl (C=O) groups excluding carboxylic acids is 5. The lowest BCUT2D eigenvalue weighted by molar-refractivity contribution is -0.294. The Kier molecular flexibility index (Phi) is 23.5. The first kappa shape index (κ1) is 59.5. The lowest BCUT2D eigenvalue weighted by atomic mass is 9.76. The van der Waals surface area contributed by atoms with Gasteiger partial charge in [-0.2, -0.15) is 0 Å². The molecule has 13 nitrogen and oxygen atoms in total. The van der Waals surface area contributed by atoms with Gasteiger partial charge in [0.1, 0.15) is 0 Å². The van der Waals surface area contributed by atoms with E-state index in [4.69, 9.17) is 32.5 Å². The van der Waals surface area contributed by atoms with Crippen LogP contribution in [0.15, 0.2) is 37.0 Å². The van der Waals surface area contributed by atoms with Crippen LogP contribution in [0.25, 0.3) is 0 Å². The summed E-state index contributed by atoms with van der Waals surface area (Å²) in [7, 11) is 1.48. The summed E-state index contributed by atoms with van der Waals surface area (Å²) in [5, 5.41) is 0.147. The fourth-order valence-electron chi connectivity index (χ4n) is 5.94. The van der Waals surface area contributed by atoms with Gasteiger partial charge in [-0.3, -0.25) is 14.4 Å². The van der Waals surface area contributed by atoms with Crippen molar-refractivity contribution < 1.29 is 61.2 Å². The molecule has 0 aromatic carbocycles. The van der Waals surface area contributed by atoms with Crippen molar-refractivity contribution in [1.29, 1.82) is 0 Å². The highest BCUT2D eigenvalue weighted by molar-refractivity contribution is 6.74. The average molecular weight is 887 g/mol. The molecule has 2 heterocycles. The number of hydrogen-bond donors (Lipinski definition) is 0. The summed E-state index contributed by atoms with van der Waals surface area (Å²) in [4.78, 5) is 56.9. The molecule has 0 saturated carbocycles. The van der Waals surface area contributed by atoms with Crippen LogP contribution in [0, 0.1) is 10.8 Å². The number of carbonyl (C=O) groups is 5. The molecule has 60 heavy (non-hydrogen) atoms. The number of esters is 2. The summed E-state index contributed by atoms with van der Waals surface area (Å²) in [6.07, 6.45) is 7.26. The molecule has 0 aromatic heterocycles. The van der Waals surface area contributed by atoms with Crippen molar-refractivity contribution in [3.63, 3.8) is 0 Å². The lowest BCUT2D eigenvalue weighted by Gasteiger charge is -2.49.